The van der Waals surface area contributed by atoms with Crippen LogP contribution in [0.25, 0.3) is 0 Å². The minimum atomic E-state index is -1.18. The summed E-state index contributed by atoms with van der Waals surface area (Å²) in [4.78, 5) is 25.7. The van der Waals surface area contributed by atoms with Crippen LogP contribution in [0.1, 0.15) is 26.2 Å². The summed E-state index contributed by atoms with van der Waals surface area (Å²) < 4.78 is 0. The highest BCUT2D eigenvalue weighted by molar-refractivity contribution is 5.92. The number of aliphatic hydroxyl groups excluding tert-OH is 1. The van der Waals surface area contributed by atoms with Crippen LogP contribution in [-0.4, -0.2) is 52.7 Å². The molecule has 0 bridgehead atoms. The lowest BCUT2D eigenvalue weighted by Gasteiger charge is -2.43. The Hall–Kier alpha value is -1.92. The van der Waals surface area contributed by atoms with Gasteiger partial charge in [0.2, 0.25) is 5.91 Å². The van der Waals surface area contributed by atoms with Gasteiger partial charge in [-0.15, -0.1) is 0 Å². The molecule has 0 aromatic heterocycles. The number of piperidine rings is 1. The van der Waals surface area contributed by atoms with Crippen LogP contribution in [0.4, 0.5) is 5.69 Å². The molecule has 1 saturated heterocycles. The van der Waals surface area contributed by atoms with E-state index < -0.39 is 17.5 Å². The van der Waals surface area contributed by atoms with Crippen molar-refractivity contribution in [3.63, 3.8) is 0 Å². The second kappa shape index (κ2) is 7.57. The minimum Gasteiger partial charge on any atom is -0.481 e. The van der Waals surface area contributed by atoms with Crippen molar-refractivity contribution in [3.05, 3.63) is 30.3 Å². The van der Waals surface area contributed by atoms with E-state index in [1.54, 1.807) is 12.1 Å². The Labute approximate surface area is 136 Å². The van der Waals surface area contributed by atoms with E-state index >= 15 is 0 Å². The van der Waals surface area contributed by atoms with Gasteiger partial charge in [-0.2, -0.15) is 0 Å². The van der Waals surface area contributed by atoms with Gasteiger partial charge in [-0.1, -0.05) is 31.5 Å². The van der Waals surface area contributed by atoms with Gasteiger partial charge in [0.05, 0.1) is 12.6 Å². The van der Waals surface area contributed by atoms with Crippen LogP contribution in [0.15, 0.2) is 30.3 Å². The molecule has 1 aromatic carbocycles. The van der Waals surface area contributed by atoms with E-state index in [2.05, 4.69) is 5.32 Å². The number of anilines is 1. The molecule has 2 rings (SSSR count). The van der Waals surface area contributed by atoms with Gasteiger partial charge in [0, 0.05) is 18.8 Å². The van der Waals surface area contributed by atoms with Crippen molar-refractivity contribution < 1.29 is 19.8 Å². The lowest BCUT2D eigenvalue weighted by molar-refractivity contribution is -0.164. The number of nitrogens with one attached hydrogen (secondary N) is 1. The number of aliphatic carboxylic acids is 1. The molecule has 1 heterocycles. The smallest absolute Gasteiger partial charge is 0.313 e. The first-order chi connectivity index (χ1) is 11.0. The van der Waals surface area contributed by atoms with Crippen LogP contribution < -0.4 is 5.32 Å². The first kappa shape index (κ1) is 17.4. The molecule has 1 aromatic rings. The minimum absolute atomic E-state index is 0.125. The van der Waals surface area contributed by atoms with Gasteiger partial charge < -0.3 is 15.5 Å². The molecule has 1 aliphatic heterocycles. The third-order valence-electron chi connectivity index (χ3n) is 4.41. The normalized spacial score (nSPS) is 25.0. The summed E-state index contributed by atoms with van der Waals surface area (Å²) in [5.74, 6) is -1.16. The number of nitrogens with zero attached hydrogens (tertiary/aromatic N) is 1. The maximum absolute atomic E-state index is 12.1. The van der Waals surface area contributed by atoms with Crippen molar-refractivity contribution >= 4 is 17.6 Å². The zero-order chi connectivity index (χ0) is 16.9. The highest BCUT2D eigenvalue weighted by Gasteiger charge is 2.48. The first-order valence-electron chi connectivity index (χ1n) is 7.96. The summed E-state index contributed by atoms with van der Waals surface area (Å²) >= 11 is 0. The summed E-state index contributed by atoms with van der Waals surface area (Å²) in [6, 6.07) is 9.15. The van der Waals surface area contributed by atoms with E-state index in [1.165, 1.54) is 0 Å². The second-order valence-corrected chi connectivity index (χ2v) is 6.14. The fourth-order valence-electron chi connectivity index (χ4n) is 3.23. The van der Waals surface area contributed by atoms with Crippen molar-refractivity contribution in [2.75, 3.05) is 25.0 Å². The number of carbonyl (C=O) groups is 2. The molecule has 6 heteroatoms. The number of benzene rings is 1. The monoisotopic (exact) mass is 320 g/mol. The predicted octanol–water partition coefficient (Wildman–Crippen LogP) is 1.56. The van der Waals surface area contributed by atoms with Gasteiger partial charge in [0.1, 0.15) is 5.41 Å². The lowest BCUT2D eigenvalue weighted by Crippen LogP contribution is -2.57. The average molecular weight is 320 g/mol. The Morgan fingerprint density at radius 3 is 2.65 bits per heavy atom. The zero-order valence-electron chi connectivity index (χ0n) is 13.4. The zero-order valence-corrected chi connectivity index (χ0v) is 13.4. The molecule has 126 valence electrons. The molecule has 3 N–H and O–H groups in total. The van der Waals surface area contributed by atoms with Crippen LogP contribution in [0.5, 0.6) is 0 Å². The molecular formula is C17H24N2O4. The number of para-hydroxylation sites is 1. The maximum atomic E-state index is 12.1. The third-order valence-corrected chi connectivity index (χ3v) is 4.41. The fraction of sp³-hybridized carbons (Fsp3) is 0.529. The average Bonchev–Trinajstić information content (AvgIpc) is 2.51. The fourth-order valence-corrected chi connectivity index (χ4v) is 3.23. The molecule has 1 fully saturated rings. The molecule has 23 heavy (non-hydrogen) atoms. The van der Waals surface area contributed by atoms with Gasteiger partial charge in [-0.25, -0.2) is 0 Å². The topological polar surface area (TPSA) is 89.9 Å². The number of aliphatic hydroxyl groups is 1. The van der Waals surface area contributed by atoms with E-state index in [0.717, 1.165) is 0 Å². The van der Waals surface area contributed by atoms with Crippen LogP contribution in [0.2, 0.25) is 0 Å². The first-order valence-corrected chi connectivity index (χ1v) is 7.96. The Kier molecular flexibility index (Phi) is 5.74. The van der Waals surface area contributed by atoms with Crippen LogP contribution >= 0.6 is 0 Å². The number of hydrogen-bond donors (Lipinski definition) is 3. The molecule has 2 atom stereocenters. The predicted molar refractivity (Wildman–Crippen MR) is 87.1 cm³/mol. The molecule has 1 aliphatic rings. The summed E-state index contributed by atoms with van der Waals surface area (Å²) in [7, 11) is 0. The summed E-state index contributed by atoms with van der Waals surface area (Å²) in [6.07, 6.45) is 0.576. The van der Waals surface area contributed by atoms with Crippen LogP contribution in [0, 0.1) is 5.41 Å². The third kappa shape index (κ3) is 4.09. The molecule has 0 saturated carbocycles. The molecule has 0 aliphatic carbocycles. The van der Waals surface area contributed by atoms with Gasteiger partial charge in [-0.05, 0) is 25.0 Å². The van der Waals surface area contributed by atoms with E-state index in [0.29, 0.717) is 31.5 Å². The number of hydrogen-bond acceptors (Lipinski definition) is 4. The Balaban J connectivity index is 2.00. The van der Waals surface area contributed by atoms with Gasteiger partial charge >= 0.3 is 5.97 Å². The number of rotatable bonds is 6. The number of amides is 1. The quantitative estimate of drug-likeness (QED) is 0.740. The largest absolute Gasteiger partial charge is 0.481 e. The van der Waals surface area contributed by atoms with Gasteiger partial charge in [0.15, 0.2) is 0 Å². The van der Waals surface area contributed by atoms with E-state index in [1.807, 2.05) is 30.0 Å². The Morgan fingerprint density at radius 1 is 1.35 bits per heavy atom. The highest BCUT2D eigenvalue weighted by atomic mass is 16.4. The standard InChI is InChI=1S/C17H24N2O4/c1-2-9-17(16(22)23)12-19(10-8-14(17)20)11-15(21)18-13-6-4-3-5-7-13/h3-7,14,20H,2,8-12H2,1H3,(H,18,21)(H,22,23)/t14-,17-/m0/s1. The molecular weight excluding hydrogens is 296 g/mol. The molecule has 1 amide bonds. The summed E-state index contributed by atoms with van der Waals surface area (Å²) in [5, 5.41) is 22.6. The highest BCUT2D eigenvalue weighted by Crippen LogP contribution is 2.35. The molecule has 0 spiro atoms. The van der Waals surface area contributed by atoms with Crippen molar-refractivity contribution in [3.8, 4) is 0 Å². The van der Waals surface area contributed by atoms with Crippen LogP contribution in [-0.2, 0) is 9.59 Å². The van der Waals surface area contributed by atoms with Crippen molar-refractivity contribution in [1.29, 1.82) is 0 Å². The maximum Gasteiger partial charge on any atom is 0.313 e. The van der Waals surface area contributed by atoms with E-state index in [9.17, 15) is 19.8 Å². The van der Waals surface area contributed by atoms with Crippen molar-refractivity contribution in [2.45, 2.75) is 32.3 Å². The SMILES string of the molecule is CCC[C@]1(C(=O)O)CN(CC(=O)Nc2ccccc2)CC[C@@H]1O. The van der Waals surface area contributed by atoms with Gasteiger partial charge in [0.25, 0.3) is 0 Å². The molecule has 0 radical (unpaired) electrons. The van der Waals surface area contributed by atoms with Crippen LogP contribution in [0.3, 0.4) is 0 Å². The van der Waals surface area contributed by atoms with Crippen molar-refractivity contribution in [1.82, 2.24) is 4.90 Å². The lowest BCUT2D eigenvalue weighted by atomic mass is 9.74. The van der Waals surface area contributed by atoms with E-state index in [-0.39, 0.29) is 19.0 Å². The Bertz CT molecular complexity index is 549. The summed E-state index contributed by atoms with van der Waals surface area (Å²) in [6.45, 7) is 2.74. The number of likely N-dealkylation sites (tertiary alicyclic amines) is 1. The number of carboxylic acids is 1. The van der Waals surface area contributed by atoms with Crippen molar-refractivity contribution in [2.24, 2.45) is 5.41 Å². The molecule has 6 nitrogen and oxygen atoms in total. The summed E-state index contributed by atoms with van der Waals surface area (Å²) in [5.41, 5.74) is -0.465. The number of carbonyl (C=O) groups excluding carboxylic acids is 1. The molecule has 0 unspecified atom stereocenters. The number of carboxylic acid groups (broad SMARTS) is 1. The van der Waals surface area contributed by atoms with Gasteiger partial charge in [-0.3, -0.25) is 14.5 Å². The second-order valence-electron chi connectivity index (χ2n) is 6.14. The Morgan fingerprint density at radius 2 is 2.04 bits per heavy atom. The van der Waals surface area contributed by atoms with E-state index in [4.69, 9.17) is 0 Å².